The van der Waals surface area contributed by atoms with Crippen LogP contribution in [0, 0.1) is 6.92 Å². The number of nitrogens with zero attached hydrogens (tertiary/aromatic N) is 2. The third-order valence-corrected chi connectivity index (χ3v) is 3.09. The molecule has 94 valence electrons. The van der Waals surface area contributed by atoms with Crippen LogP contribution in [0.1, 0.15) is 22.9 Å². The Bertz CT molecular complexity index is 612. The first-order valence-corrected chi connectivity index (χ1v) is 6.31. The molecule has 2 aromatic rings. The van der Waals surface area contributed by atoms with Crippen LogP contribution in [0.15, 0.2) is 64.6 Å². The lowest BCUT2D eigenvalue weighted by Gasteiger charge is -2.16. The summed E-state index contributed by atoms with van der Waals surface area (Å²) in [5, 5.41) is 3.10. The van der Waals surface area contributed by atoms with E-state index in [1.165, 1.54) is 5.56 Å². The van der Waals surface area contributed by atoms with Crippen molar-refractivity contribution < 1.29 is 0 Å². The van der Waals surface area contributed by atoms with Gasteiger partial charge in [0, 0.05) is 5.56 Å². The lowest BCUT2D eigenvalue weighted by Crippen LogP contribution is -2.27. The maximum atomic E-state index is 4.66. The van der Waals surface area contributed by atoms with E-state index in [1.807, 2.05) is 30.3 Å². The van der Waals surface area contributed by atoms with Crippen LogP contribution in [0.4, 0.5) is 0 Å². The van der Waals surface area contributed by atoms with Gasteiger partial charge in [-0.1, -0.05) is 60.2 Å². The first kappa shape index (κ1) is 11.7. The summed E-state index contributed by atoms with van der Waals surface area (Å²) in [7, 11) is 0. The predicted molar refractivity (Wildman–Crippen MR) is 78.5 cm³/mol. The van der Waals surface area contributed by atoms with E-state index in [0.29, 0.717) is 0 Å². The van der Waals surface area contributed by atoms with Crippen molar-refractivity contribution in [3.05, 3.63) is 71.3 Å². The number of nitrogens with one attached hydrogen (secondary N) is 1. The van der Waals surface area contributed by atoms with Crippen molar-refractivity contribution in [1.29, 1.82) is 0 Å². The van der Waals surface area contributed by atoms with Gasteiger partial charge in [-0.2, -0.15) is 0 Å². The highest BCUT2D eigenvalue weighted by Crippen LogP contribution is 2.21. The standard InChI is InChI=1S/C16H15N3/c1-12-7-9-14(10-8-12)16-18-11-17-15(19-16)13-5-3-2-4-6-13/h2-11,16H,1H3,(H,17,18,19). The Morgan fingerprint density at radius 3 is 2.42 bits per heavy atom. The van der Waals surface area contributed by atoms with E-state index >= 15 is 0 Å². The van der Waals surface area contributed by atoms with Crippen LogP contribution in [0.2, 0.25) is 0 Å². The van der Waals surface area contributed by atoms with Crippen LogP contribution in [0.3, 0.4) is 0 Å². The normalized spacial score (nSPS) is 17.7. The molecule has 0 saturated heterocycles. The summed E-state index contributed by atoms with van der Waals surface area (Å²) in [6.07, 6.45) is 1.57. The number of rotatable bonds is 2. The Hall–Kier alpha value is -2.42. The minimum atomic E-state index is -0.156. The summed E-state index contributed by atoms with van der Waals surface area (Å²) in [6.45, 7) is 2.08. The molecule has 1 heterocycles. The van der Waals surface area contributed by atoms with Crippen molar-refractivity contribution in [3.8, 4) is 0 Å². The van der Waals surface area contributed by atoms with E-state index in [9.17, 15) is 0 Å². The van der Waals surface area contributed by atoms with Gasteiger partial charge in [-0.25, -0.2) is 9.98 Å². The Morgan fingerprint density at radius 1 is 0.947 bits per heavy atom. The van der Waals surface area contributed by atoms with E-state index in [0.717, 1.165) is 17.0 Å². The molecule has 19 heavy (non-hydrogen) atoms. The zero-order valence-electron chi connectivity index (χ0n) is 10.7. The second-order valence-electron chi connectivity index (χ2n) is 4.55. The number of aliphatic imine (C=N–C) groups is 2. The average Bonchev–Trinajstić information content (AvgIpc) is 2.49. The number of benzene rings is 2. The van der Waals surface area contributed by atoms with Crippen molar-refractivity contribution in [2.24, 2.45) is 9.98 Å². The highest BCUT2D eigenvalue weighted by Gasteiger charge is 2.13. The topological polar surface area (TPSA) is 36.8 Å². The molecule has 1 atom stereocenters. The van der Waals surface area contributed by atoms with Crippen molar-refractivity contribution in [1.82, 2.24) is 5.32 Å². The first-order chi connectivity index (χ1) is 9.33. The molecule has 0 aromatic heterocycles. The SMILES string of the molecule is Cc1ccc(C2N=CNC(c3ccccc3)=N2)cc1. The van der Waals surface area contributed by atoms with E-state index in [-0.39, 0.29) is 6.17 Å². The Balaban J connectivity index is 1.91. The van der Waals surface area contributed by atoms with Crippen LogP contribution in [-0.4, -0.2) is 12.2 Å². The number of aryl methyl sites for hydroxylation is 1. The van der Waals surface area contributed by atoms with Gasteiger partial charge in [0.2, 0.25) is 0 Å². The fourth-order valence-electron chi connectivity index (χ4n) is 2.01. The highest BCUT2D eigenvalue weighted by molar-refractivity contribution is 6.05. The summed E-state index contributed by atoms with van der Waals surface area (Å²) in [4.78, 5) is 9.04. The van der Waals surface area contributed by atoms with Gasteiger partial charge in [0.05, 0.1) is 6.34 Å². The molecule has 3 heteroatoms. The van der Waals surface area contributed by atoms with Gasteiger partial charge in [0.15, 0.2) is 6.17 Å². The quantitative estimate of drug-likeness (QED) is 0.872. The molecule has 0 radical (unpaired) electrons. The molecule has 1 unspecified atom stereocenters. The number of hydrogen-bond acceptors (Lipinski definition) is 3. The third kappa shape index (κ3) is 2.55. The van der Waals surface area contributed by atoms with Crippen molar-refractivity contribution in [2.75, 3.05) is 0 Å². The molecule has 1 aliphatic rings. The zero-order valence-corrected chi connectivity index (χ0v) is 10.7. The van der Waals surface area contributed by atoms with Crippen molar-refractivity contribution in [2.45, 2.75) is 13.1 Å². The molecule has 0 amide bonds. The van der Waals surface area contributed by atoms with Gasteiger partial charge in [0.1, 0.15) is 5.84 Å². The van der Waals surface area contributed by atoms with E-state index in [2.05, 4.69) is 46.5 Å². The molecular weight excluding hydrogens is 234 g/mol. The van der Waals surface area contributed by atoms with E-state index < -0.39 is 0 Å². The Kier molecular flexibility index (Phi) is 3.11. The largest absolute Gasteiger partial charge is 0.331 e. The van der Waals surface area contributed by atoms with Gasteiger partial charge >= 0.3 is 0 Å². The second kappa shape index (κ2) is 5.06. The highest BCUT2D eigenvalue weighted by atomic mass is 15.2. The molecule has 1 N–H and O–H groups in total. The molecular formula is C16H15N3. The monoisotopic (exact) mass is 249 g/mol. The maximum Gasteiger partial charge on any atom is 0.169 e. The first-order valence-electron chi connectivity index (χ1n) is 6.31. The fraction of sp³-hybridized carbons (Fsp3) is 0.125. The molecule has 0 saturated carbocycles. The number of amidine groups is 1. The van der Waals surface area contributed by atoms with Crippen LogP contribution in [0.5, 0.6) is 0 Å². The van der Waals surface area contributed by atoms with Gasteiger partial charge in [-0.15, -0.1) is 0 Å². The second-order valence-corrected chi connectivity index (χ2v) is 4.55. The van der Waals surface area contributed by atoms with Gasteiger partial charge < -0.3 is 5.32 Å². The molecule has 2 aromatic carbocycles. The molecule has 0 spiro atoms. The lowest BCUT2D eigenvalue weighted by molar-refractivity contribution is 0.762. The Labute approximate surface area is 112 Å². The number of hydrogen-bond donors (Lipinski definition) is 1. The van der Waals surface area contributed by atoms with E-state index in [1.54, 1.807) is 6.34 Å². The molecule has 3 rings (SSSR count). The molecule has 1 aliphatic heterocycles. The van der Waals surface area contributed by atoms with Crippen LogP contribution < -0.4 is 5.32 Å². The minimum Gasteiger partial charge on any atom is -0.331 e. The molecule has 0 aliphatic carbocycles. The van der Waals surface area contributed by atoms with Crippen molar-refractivity contribution >= 4 is 12.2 Å². The van der Waals surface area contributed by atoms with Crippen LogP contribution >= 0.6 is 0 Å². The van der Waals surface area contributed by atoms with Crippen LogP contribution in [0.25, 0.3) is 0 Å². The third-order valence-electron chi connectivity index (χ3n) is 3.09. The van der Waals surface area contributed by atoms with Gasteiger partial charge in [-0.05, 0) is 12.5 Å². The average molecular weight is 249 g/mol. The van der Waals surface area contributed by atoms with Gasteiger partial charge in [-0.3, -0.25) is 0 Å². The molecule has 0 bridgehead atoms. The summed E-state index contributed by atoms with van der Waals surface area (Å²) in [6, 6.07) is 18.4. The van der Waals surface area contributed by atoms with Crippen LogP contribution in [-0.2, 0) is 0 Å². The summed E-state index contributed by atoms with van der Waals surface area (Å²) in [5.74, 6) is 0.862. The maximum absolute atomic E-state index is 4.66. The zero-order chi connectivity index (χ0) is 13.1. The molecule has 3 nitrogen and oxygen atoms in total. The van der Waals surface area contributed by atoms with E-state index in [4.69, 9.17) is 0 Å². The van der Waals surface area contributed by atoms with Gasteiger partial charge in [0.25, 0.3) is 0 Å². The molecule has 0 fully saturated rings. The summed E-state index contributed by atoms with van der Waals surface area (Å²) in [5.41, 5.74) is 3.43. The minimum absolute atomic E-state index is 0.156. The Morgan fingerprint density at radius 2 is 1.68 bits per heavy atom. The smallest absolute Gasteiger partial charge is 0.169 e. The van der Waals surface area contributed by atoms with Crippen molar-refractivity contribution in [3.63, 3.8) is 0 Å². The summed E-state index contributed by atoms with van der Waals surface area (Å²) < 4.78 is 0. The summed E-state index contributed by atoms with van der Waals surface area (Å²) >= 11 is 0. The lowest BCUT2D eigenvalue weighted by atomic mass is 10.1. The predicted octanol–water partition coefficient (Wildman–Crippen LogP) is 3.07. The fourth-order valence-corrected chi connectivity index (χ4v) is 2.01.